The highest BCUT2D eigenvalue weighted by atomic mass is 14.3. The lowest BCUT2D eigenvalue weighted by Crippen LogP contribution is -2.80. The molecule has 0 saturated heterocycles. The predicted molar refractivity (Wildman–Crippen MR) is 406 cm³/mol. The highest BCUT2D eigenvalue weighted by Crippen LogP contribution is 2.50. The van der Waals surface area contributed by atoms with Gasteiger partial charge >= 0.3 is 0 Å². The summed E-state index contributed by atoms with van der Waals surface area (Å²) in [5.41, 5.74) is 23.7. The Bertz CT molecular complexity index is 3730. The van der Waals surface area contributed by atoms with E-state index in [4.69, 9.17) is 139 Å². The molecule has 33 heteroatoms. The zero-order valence-electron chi connectivity index (χ0n) is 51.1. The van der Waals surface area contributed by atoms with E-state index in [9.17, 15) is 0 Å². The van der Waals surface area contributed by atoms with Gasteiger partial charge < -0.3 is 0 Å². The molecule has 0 bridgehead atoms. The van der Waals surface area contributed by atoms with Crippen molar-refractivity contribution < 1.29 is 0 Å². The van der Waals surface area contributed by atoms with E-state index in [0.29, 0.717) is 27.3 Å². The molecule has 40 radical (unpaired) electrons. The normalized spacial score (nSPS) is 11.3. The third kappa shape index (κ3) is 10.4. The van der Waals surface area contributed by atoms with Crippen LogP contribution in [-0.2, 0) is 0 Å². The molecule has 0 amide bonds. The number of hydrogen-bond acceptors (Lipinski definition) is 0. The lowest BCUT2D eigenvalue weighted by atomic mass is 8.66. The Kier molecular flexibility index (Phi) is 20.9. The molecular weight excluding hydrogens is 945 g/mol. The molecule has 0 saturated carbocycles. The van der Waals surface area contributed by atoms with Crippen LogP contribution in [0.3, 0.4) is 0 Å². The quantitative estimate of drug-likeness (QED) is 0.0645. The third-order valence-electron chi connectivity index (χ3n) is 19.5. The first kappa shape index (κ1) is 67.2. The second-order valence-corrected chi connectivity index (χ2v) is 23.6. The Morgan fingerprint density at radius 2 is 0.671 bits per heavy atom. The van der Waals surface area contributed by atoms with Crippen molar-refractivity contribution in [1.82, 2.24) is 0 Å². The summed E-state index contributed by atoms with van der Waals surface area (Å²) in [6.45, 7) is 27.7. The fraction of sp³-hybridized carbons (Fsp3) is 0.306. The lowest BCUT2D eigenvalue weighted by Gasteiger charge is -2.42. The van der Waals surface area contributed by atoms with E-state index < -0.39 is 70.8 Å². The smallest absolute Gasteiger partial charge is 0.113 e. The SMILES string of the molecule is [B][B]B([B])B(B([B])[B])c1c(B(B([B])[B])B([B])[B])c(B([B][B])B([B])[B])c(B([B])B([B])[B])c2c(B([B])[B][B])c(-c3c(C)c(C)c(C)c4c(C)c5c(-c6c(C)c(C)c7c(C)c(C)c(C)c(C)c7c6C)c(C)c(C)c(C)c5c(C)c34)c([B][B])c([B])c12. The summed E-state index contributed by atoms with van der Waals surface area (Å²) in [5.74, 6) is 0. The van der Waals surface area contributed by atoms with E-state index in [1.165, 1.54) is 106 Å². The number of hydrogen-bond donors (Lipinski definition) is 0. The van der Waals surface area contributed by atoms with Crippen molar-refractivity contribution in [3.8, 4) is 22.3 Å². The van der Waals surface area contributed by atoms with Crippen LogP contribution in [0.5, 0.6) is 0 Å². The van der Waals surface area contributed by atoms with Crippen LogP contribution in [0.1, 0.15) is 83.5 Å². The van der Waals surface area contributed by atoms with Crippen molar-refractivity contribution in [2.45, 2.75) is 104 Å². The van der Waals surface area contributed by atoms with Gasteiger partial charge in [0.05, 0.1) is 39.6 Å². The molecule has 0 N–H and O–H groups in total. The molecule has 0 spiro atoms. The van der Waals surface area contributed by atoms with Gasteiger partial charge in [-0.05, 0) is 253 Å². The maximum Gasteiger partial charge on any atom is 0.113 e. The van der Waals surface area contributed by atoms with Crippen molar-refractivity contribution >= 4 is 320 Å². The molecule has 7 aromatic carbocycles. The van der Waals surface area contributed by atoms with Crippen LogP contribution in [0.4, 0.5) is 0 Å². The van der Waals surface area contributed by atoms with Gasteiger partial charge in [0, 0.05) is 191 Å². The Balaban J connectivity index is 1.93. The van der Waals surface area contributed by atoms with Crippen LogP contribution in [-0.4, -0.2) is 239 Å². The monoisotopic (exact) mass is 997 g/mol. The van der Waals surface area contributed by atoms with Crippen molar-refractivity contribution in [3.05, 3.63) is 83.5 Å². The summed E-state index contributed by atoms with van der Waals surface area (Å²) in [6.07, 6.45) is -7.35. The highest BCUT2D eigenvalue weighted by molar-refractivity contribution is 7.89. The Morgan fingerprint density at radius 1 is 0.280 bits per heavy atom. The van der Waals surface area contributed by atoms with Crippen LogP contribution in [0.2, 0.25) is 0 Å². The summed E-state index contributed by atoms with van der Waals surface area (Å²) < 4.78 is 0. The van der Waals surface area contributed by atoms with Crippen LogP contribution in [0, 0.1) is 104 Å². The van der Waals surface area contributed by atoms with Gasteiger partial charge in [0.15, 0.2) is 0 Å². The maximum absolute atomic E-state index is 7.86. The average molecular weight is 991 g/mol. The number of benzene rings is 7. The molecule has 0 atom stereocenters. The summed E-state index contributed by atoms with van der Waals surface area (Å²) in [4.78, 5) is 0. The zero-order chi connectivity index (χ0) is 61.8. The maximum atomic E-state index is 7.86. The minimum atomic E-state index is -1.27. The van der Waals surface area contributed by atoms with Gasteiger partial charge in [-0.2, -0.15) is 0 Å². The van der Waals surface area contributed by atoms with Crippen molar-refractivity contribution in [3.63, 3.8) is 0 Å². The van der Waals surface area contributed by atoms with E-state index in [1.54, 1.807) is 0 Å². The molecule has 82 heavy (non-hydrogen) atoms. The van der Waals surface area contributed by atoms with Gasteiger partial charge in [-0.1, -0.05) is 27.3 Å². The number of aryl methyl sites for hydroxylation is 8. The first-order chi connectivity index (χ1) is 38.2. The standard InChI is InChI=1S/C49H45B33/c1-16-17(2)21(6)32-28(13)35(27(12)26(11)31(32)20(16)5)36-24(9)18(3)22(7)33-30(15)39-34(29(14)38(33)36)23(8)19(4)25(10)37(39)41-44(68-51)43(50)40-42(45(41)72(55)69-52)46(73(56)77(57)58)48(74(70-53)78(59)60)49(75(79(61)62)80(63)64)47(40)76(81(65)66)82(67)71-54/h1-15H3. The van der Waals surface area contributed by atoms with Gasteiger partial charge in [-0.15, -0.1) is 10.9 Å². The van der Waals surface area contributed by atoms with Crippen LogP contribution >= 0.6 is 0 Å². The molecule has 0 heterocycles. The third-order valence-corrected chi connectivity index (χ3v) is 19.5. The largest absolute Gasteiger partial charge is 0.113 e. The Morgan fingerprint density at radius 3 is 1.05 bits per heavy atom. The lowest BCUT2D eigenvalue weighted by molar-refractivity contribution is 1.22. The molecule has 0 unspecified atom stereocenters. The minimum Gasteiger partial charge on any atom is -0.113 e. The molecule has 0 aromatic heterocycles. The van der Waals surface area contributed by atoms with Gasteiger partial charge in [0.2, 0.25) is 0 Å². The summed E-state index contributed by atoms with van der Waals surface area (Å²) in [7, 11) is 130. The molecule has 7 rings (SSSR count). The van der Waals surface area contributed by atoms with Gasteiger partial charge in [-0.25, -0.2) is 0 Å². The molecular formula is C49H45B33. The molecule has 0 aliphatic heterocycles. The minimum absolute atomic E-state index is 0.136. The Hall–Kier alpha value is -2.28. The van der Waals surface area contributed by atoms with E-state index in [2.05, 4.69) is 104 Å². The summed E-state index contributed by atoms with van der Waals surface area (Å²) in [5, 5.41) is 7.58. The fourth-order valence-corrected chi connectivity index (χ4v) is 14.5. The van der Waals surface area contributed by atoms with E-state index >= 15 is 0 Å². The second kappa shape index (κ2) is 25.4. The summed E-state index contributed by atoms with van der Waals surface area (Å²) >= 11 is 0. The zero-order valence-corrected chi connectivity index (χ0v) is 51.1. The molecule has 0 fully saturated rings. The first-order valence-corrected chi connectivity index (χ1v) is 28.2. The second-order valence-electron chi connectivity index (χ2n) is 23.6. The predicted octanol–water partition coefficient (Wildman–Crippen LogP) is -4.08. The van der Waals surface area contributed by atoms with Gasteiger partial charge in [-0.3, -0.25) is 0 Å². The number of rotatable bonds is 17. The van der Waals surface area contributed by atoms with Gasteiger partial charge in [0.1, 0.15) is 7.85 Å². The van der Waals surface area contributed by atoms with Crippen LogP contribution < -0.4 is 38.2 Å². The van der Waals surface area contributed by atoms with Crippen LogP contribution in [0.25, 0.3) is 65.3 Å². The summed E-state index contributed by atoms with van der Waals surface area (Å²) in [6, 6.07) is 0. The van der Waals surface area contributed by atoms with Crippen LogP contribution in [0.15, 0.2) is 0 Å². The van der Waals surface area contributed by atoms with Crippen molar-refractivity contribution in [2.24, 2.45) is 0 Å². The highest BCUT2D eigenvalue weighted by Gasteiger charge is 2.42. The van der Waals surface area contributed by atoms with Crippen molar-refractivity contribution in [2.75, 3.05) is 0 Å². The topological polar surface area (TPSA) is 0 Å². The van der Waals surface area contributed by atoms with E-state index in [0.717, 1.165) is 55.1 Å². The first-order valence-electron chi connectivity index (χ1n) is 28.2. The molecule has 0 aliphatic carbocycles. The van der Waals surface area contributed by atoms with E-state index in [1.807, 2.05) is 0 Å². The molecule has 340 valence electrons. The van der Waals surface area contributed by atoms with Crippen molar-refractivity contribution in [1.29, 1.82) is 0 Å². The molecule has 0 nitrogen and oxygen atoms in total. The van der Waals surface area contributed by atoms with Gasteiger partial charge in [0.25, 0.3) is 0 Å². The van der Waals surface area contributed by atoms with E-state index in [-0.39, 0.29) is 27.2 Å². The average Bonchev–Trinajstić information content (AvgIpc) is 1.31. The number of fused-ring (bicyclic) bond motifs is 4. The molecule has 7 aromatic rings. The fourth-order valence-electron chi connectivity index (χ4n) is 14.5. The molecule has 0 aliphatic rings. The Labute approximate surface area is 525 Å².